The van der Waals surface area contributed by atoms with Gasteiger partial charge in [0.05, 0.1) is 7.11 Å². The number of rotatable bonds is 3. The van der Waals surface area contributed by atoms with Crippen LogP contribution in [0.5, 0.6) is 5.75 Å². The number of nitrogens with two attached hydrogens (primary N) is 1. The molecule has 1 aromatic heterocycles. The summed E-state index contributed by atoms with van der Waals surface area (Å²) in [5.74, 6) is 4.33. The molecule has 1 aromatic carbocycles. The van der Waals surface area contributed by atoms with Crippen molar-refractivity contribution < 1.29 is 4.74 Å². The highest BCUT2D eigenvalue weighted by molar-refractivity contribution is 7.99. The smallest absolute Gasteiger partial charge is 0.156 e. The third kappa shape index (κ3) is 3.33. The van der Waals surface area contributed by atoms with E-state index in [0.29, 0.717) is 28.0 Å². The van der Waals surface area contributed by atoms with Gasteiger partial charge in [0.2, 0.25) is 0 Å². The van der Waals surface area contributed by atoms with Gasteiger partial charge in [0.15, 0.2) is 5.82 Å². The average Bonchev–Trinajstić information content (AvgIpc) is 2.57. The van der Waals surface area contributed by atoms with E-state index in [9.17, 15) is 0 Å². The molecule has 0 aliphatic carbocycles. The van der Waals surface area contributed by atoms with Gasteiger partial charge in [-0.2, -0.15) is 11.8 Å². The van der Waals surface area contributed by atoms with Crippen LogP contribution in [0.1, 0.15) is 5.82 Å². The van der Waals surface area contributed by atoms with E-state index in [2.05, 4.69) is 14.9 Å². The number of methoxy groups -OCH3 is 1. The molecule has 0 spiro atoms. The van der Waals surface area contributed by atoms with Crippen LogP contribution in [0.25, 0.3) is 11.3 Å². The van der Waals surface area contributed by atoms with Gasteiger partial charge >= 0.3 is 0 Å². The van der Waals surface area contributed by atoms with Crippen LogP contribution in [0.2, 0.25) is 5.02 Å². The molecule has 3 rings (SSSR count). The zero-order chi connectivity index (χ0) is 16.4. The lowest BCUT2D eigenvalue weighted by Gasteiger charge is -2.29. The molecule has 122 valence electrons. The van der Waals surface area contributed by atoms with Gasteiger partial charge in [-0.15, -0.1) is 0 Å². The lowest BCUT2D eigenvalue weighted by atomic mass is 10.1. The molecule has 0 saturated carbocycles. The van der Waals surface area contributed by atoms with Crippen molar-refractivity contribution in [2.45, 2.75) is 6.92 Å². The molecule has 1 saturated heterocycles. The van der Waals surface area contributed by atoms with Crippen molar-refractivity contribution in [3.63, 3.8) is 0 Å². The normalized spacial score (nSPS) is 14.8. The number of anilines is 2. The maximum absolute atomic E-state index is 6.41. The Morgan fingerprint density at radius 3 is 2.70 bits per heavy atom. The average molecular weight is 351 g/mol. The standard InChI is InChI=1S/C16H19ClN4OS/c1-10-19-15(12-4-3-11(17)9-13(12)22-2)14(18)16(20-10)21-5-7-23-8-6-21/h3-4,9H,5-8,18H2,1-2H3. The van der Waals surface area contributed by atoms with Crippen LogP contribution in [0.4, 0.5) is 11.5 Å². The second-order valence-electron chi connectivity index (χ2n) is 5.30. The van der Waals surface area contributed by atoms with Gasteiger partial charge in [-0.25, -0.2) is 9.97 Å². The van der Waals surface area contributed by atoms with Crippen molar-refractivity contribution in [3.05, 3.63) is 29.0 Å². The Balaban J connectivity index is 2.11. The third-order valence-electron chi connectivity index (χ3n) is 3.77. The van der Waals surface area contributed by atoms with Gasteiger partial charge in [-0.1, -0.05) is 11.6 Å². The molecule has 0 amide bonds. The Labute approximate surface area is 145 Å². The first-order valence-corrected chi connectivity index (χ1v) is 8.94. The molecule has 7 heteroatoms. The van der Waals surface area contributed by atoms with E-state index in [1.165, 1.54) is 0 Å². The highest BCUT2D eigenvalue weighted by Crippen LogP contribution is 2.38. The summed E-state index contributed by atoms with van der Waals surface area (Å²) in [6, 6.07) is 5.47. The number of nitrogen functional groups attached to an aromatic ring is 1. The number of benzene rings is 1. The molecule has 23 heavy (non-hydrogen) atoms. The summed E-state index contributed by atoms with van der Waals surface area (Å²) in [5.41, 5.74) is 8.52. The van der Waals surface area contributed by atoms with Crippen molar-refractivity contribution in [1.29, 1.82) is 0 Å². The summed E-state index contributed by atoms with van der Waals surface area (Å²) in [5, 5.41) is 0.614. The van der Waals surface area contributed by atoms with Crippen molar-refractivity contribution in [2.75, 3.05) is 42.3 Å². The lowest BCUT2D eigenvalue weighted by Crippen LogP contribution is -2.34. The summed E-state index contributed by atoms with van der Waals surface area (Å²) in [4.78, 5) is 11.3. The summed E-state index contributed by atoms with van der Waals surface area (Å²) < 4.78 is 5.44. The molecule has 2 heterocycles. The number of nitrogens with zero attached hydrogens (tertiary/aromatic N) is 3. The lowest BCUT2D eigenvalue weighted by molar-refractivity contribution is 0.416. The van der Waals surface area contributed by atoms with Crippen LogP contribution in [0.15, 0.2) is 18.2 Å². The number of aryl methyl sites for hydroxylation is 1. The molecule has 0 radical (unpaired) electrons. The number of thioether (sulfide) groups is 1. The predicted octanol–water partition coefficient (Wildman–Crippen LogP) is 3.25. The Hall–Kier alpha value is -1.66. The molecule has 0 unspecified atom stereocenters. The second-order valence-corrected chi connectivity index (χ2v) is 6.96. The molecule has 0 bridgehead atoms. The van der Waals surface area contributed by atoms with Crippen LogP contribution >= 0.6 is 23.4 Å². The Bertz CT molecular complexity index is 719. The van der Waals surface area contributed by atoms with Crippen LogP contribution in [0, 0.1) is 6.92 Å². The first kappa shape index (κ1) is 16.2. The predicted molar refractivity (Wildman–Crippen MR) is 97.7 cm³/mol. The number of hydrogen-bond donors (Lipinski definition) is 1. The van der Waals surface area contributed by atoms with Gasteiger partial charge in [0.1, 0.15) is 23.0 Å². The van der Waals surface area contributed by atoms with E-state index in [1.54, 1.807) is 13.2 Å². The molecule has 1 aliphatic rings. The summed E-state index contributed by atoms with van der Waals surface area (Å²) in [7, 11) is 1.61. The quantitative estimate of drug-likeness (QED) is 0.916. The van der Waals surface area contributed by atoms with E-state index in [1.807, 2.05) is 30.8 Å². The number of halogens is 1. The van der Waals surface area contributed by atoms with E-state index in [-0.39, 0.29) is 0 Å². The molecule has 0 atom stereocenters. The van der Waals surface area contributed by atoms with E-state index in [4.69, 9.17) is 22.1 Å². The first-order valence-electron chi connectivity index (χ1n) is 7.41. The molecule has 5 nitrogen and oxygen atoms in total. The molecule has 1 fully saturated rings. The van der Waals surface area contributed by atoms with Crippen molar-refractivity contribution in [2.24, 2.45) is 0 Å². The third-order valence-corrected chi connectivity index (χ3v) is 4.94. The van der Waals surface area contributed by atoms with E-state index >= 15 is 0 Å². The fourth-order valence-corrected chi connectivity index (χ4v) is 3.71. The maximum atomic E-state index is 6.41. The van der Waals surface area contributed by atoms with Crippen LogP contribution in [0.3, 0.4) is 0 Å². The van der Waals surface area contributed by atoms with E-state index < -0.39 is 0 Å². The largest absolute Gasteiger partial charge is 0.496 e. The van der Waals surface area contributed by atoms with Gasteiger partial charge in [-0.3, -0.25) is 0 Å². The minimum absolute atomic E-state index is 0.586. The Kier molecular flexibility index (Phi) is 4.82. The van der Waals surface area contributed by atoms with Crippen molar-refractivity contribution in [1.82, 2.24) is 9.97 Å². The van der Waals surface area contributed by atoms with Crippen molar-refractivity contribution >= 4 is 34.9 Å². The van der Waals surface area contributed by atoms with E-state index in [0.717, 1.165) is 36.0 Å². The van der Waals surface area contributed by atoms with Crippen molar-refractivity contribution in [3.8, 4) is 17.0 Å². The van der Waals surface area contributed by atoms with Crippen LogP contribution in [-0.4, -0.2) is 41.7 Å². The van der Waals surface area contributed by atoms with Gasteiger partial charge in [0.25, 0.3) is 0 Å². The highest BCUT2D eigenvalue weighted by atomic mass is 35.5. The SMILES string of the molecule is COc1cc(Cl)ccc1-c1nc(C)nc(N2CCSCC2)c1N. The van der Waals surface area contributed by atoms with Crippen LogP contribution in [-0.2, 0) is 0 Å². The summed E-state index contributed by atoms with van der Waals surface area (Å²) in [6.07, 6.45) is 0. The Morgan fingerprint density at radius 1 is 1.26 bits per heavy atom. The second kappa shape index (κ2) is 6.84. The minimum atomic E-state index is 0.586. The topological polar surface area (TPSA) is 64.3 Å². The zero-order valence-electron chi connectivity index (χ0n) is 13.2. The fourth-order valence-electron chi connectivity index (χ4n) is 2.65. The number of hydrogen-bond acceptors (Lipinski definition) is 6. The Morgan fingerprint density at radius 2 is 2.00 bits per heavy atom. The molecule has 1 aliphatic heterocycles. The number of ether oxygens (including phenoxy) is 1. The van der Waals surface area contributed by atoms with Gasteiger partial charge in [0, 0.05) is 35.2 Å². The fraction of sp³-hybridized carbons (Fsp3) is 0.375. The summed E-state index contributed by atoms with van der Waals surface area (Å²) in [6.45, 7) is 3.78. The number of aromatic nitrogens is 2. The van der Waals surface area contributed by atoms with Crippen LogP contribution < -0.4 is 15.4 Å². The van der Waals surface area contributed by atoms with Gasteiger partial charge in [-0.05, 0) is 25.1 Å². The van der Waals surface area contributed by atoms with Gasteiger partial charge < -0.3 is 15.4 Å². The molecular formula is C16H19ClN4OS. The minimum Gasteiger partial charge on any atom is -0.496 e. The maximum Gasteiger partial charge on any atom is 0.156 e. The zero-order valence-corrected chi connectivity index (χ0v) is 14.7. The molecule has 2 N–H and O–H groups in total. The molecule has 2 aromatic rings. The summed E-state index contributed by atoms with van der Waals surface area (Å²) >= 11 is 8.00. The molecular weight excluding hydrogens is 332 g/mol. The highest BCUT2D eigenvalue weighted by Gasteiger charge is 2.21. The monoisotopic (exact) mass is 350 g/mol. The first-order chi connectivity index (χ1) is 11.1.